The highest BCUT2D eigenvalue weighted by Crippen LogP contribution is 2.15. The van der Waals surface area contributed by atoms with Crippen LogP contribution in [0.1, 0.15) is 12.5 Å². The maximum Gasteiger partial charge on any atom is 0.119 e. The number of hydrogen-bond acceptors (Lipinski definition) is 3. The number of hydrogen-bond donors (Lipinski definition) is 2. The lowest BCUT2D eigenvalue weighted by Gasteiger charge is -2.14. The largest absolute Gasteiger partial charge is 0.491 e. The van der Waals surface area contributed by atoms with Crippen molar-refractivity contribution in [1.29, 1.82) is 0 Å². The van der Waals surface area contributed by atoms with E-state index in [-0.39, 0.29) is 6.61 Å². The quantitative estimate of drug-likeness (QED) is 0.818. The first-order chi connectivity index (χ1) is 10.2. The van der Waals surface area contributed by atoms with Crippen molar-refractivity contribution in [3.63, 3.8) is 0 Å². The molecule has 2 N–H and O–H groups in total. The molecule has 3 nitrogen and oxygen atoms in total. The highest BCUT2D eigenvalue weighted by atomic mass is 35.5. The van der Waals surface area contributed by atoms with Crippen LogP contribution in [0.2, 0.25) is 5.02 Å². The predicted molar refractivity (Wildman–Crippen MR) is 87.3 cm³/mol. The molecule has 2 aromatic rings. The SMILES string of the molecule is CCc1cccc(OCC(O)CNc2ccc(Cl)cc2)c1. The molecular formula is C17H20ClNO2. The van der Waals surface area contributed by atoms with Crippen LogP contribution in [-0.4, -0.2) is 24.4 Å². The summed E-state index contributed by atoms with van der Waals surface area (Å²) < 4.78 is 5.61. The molecule has 112 valence electrons. The van der Waals surface area contributed by atoms with Crippen molar-refractivity contribution in [1.82, 2.24) is 0 Å². The molecule has 0 aliphatic rings. The lowest BCUT2D eigenvalue weighted by atomic mass is 10.2. The van der Waals surface area contributed by atoms with Gasteiger partial charge < -0.3 is 15.2 Å². The van der Waals surface area contributed by atoms with Crippen LogP contribution in [0.5, 0.6) is 5.75 Å². The third kappa shape index (κ3) is 5.29. The minimum Gasteiger partial charge on any atom is -0.491 e. The Balaban J connectivity index is 1.76. The van der Waals surface area contributed by atoms with Crippen molar-refractivity contribution < 1.29 is 9.84 Å². The first-order valence-electron chi connectivity index (χ1n) is 7.06. The van der Waals surface area contributed by atoms with Crippen LogP contribution in [0.15, 0.2) is 48.5 Å². The van der Waals surface area contributed by atoms with Crippen molar-refractivity contribution in [2.24, 2.45) is 0 Å². The molecule has 0 radical (unpaired) electrons. The van der Waals surface area contributed by atoms with Gasteiger partial charge in [0.15, 0.2) is 0 Å². The minimum absolute atomic E-state index is 0.258. The number of aliphatic hydroxyl groups is 1. The molecule has 0 fully saturated rings. The van der Waals surface area contributed by atoms with E-state index < -0.39 is 6.10 Å². The Morgan fingerprint density at radius 3 is 2.67 bits per heavy atom. The van der Waals surface area contributed by atoms with E-state index in [4.69, 9.17) is 16.3 Å². The van der Waals surface area contributed by atoms with E-state index in [1.165, 1.54) is 5.56 Å². The van der Waals surface area contributed by atoms with Crippen LogP contribution in [0.3, 0.4) is 0 Å². The molecule has 2 rings (SSSR count). The van der Waals surface area contributed by atoms with Crippen LogP contribution >= 0.6 is 11.6 Å². The summed E-state index contributed by atoms with van der Waals surface area (Å²) in [5.74, 6) is 0.792. The number of ether oxygens (including phenoxy) is 1. The topological polar surface area (TPSA) is 41.5 Å². The van der Waals surface area contributed by atoms with E-state index >= 15 is 0 Å². The number of anilines is 1. The molecule has 0 amide bonds. The Morgan fingerprint density at radius 2 is 1.95 bits per heavy atom. The fraction of sp³-hybridized carbons (Fsp3) is 0.294. The standard InChI is InChI=1S/C17H20ClNO2/c1-2-13-4-3-5-17(10-13)21-12-16(20)11-19-15-8-6-14(18)7-9-15/h3-10,16,19-20H,2,11-12H2,1H3. The summed E-state index contributed by atoms with van der Waals surface area (Å²) >= 11 is 5.82. The first-order valence-corrected chi connectivity index (χ1v) is 7.44. The van der Waals surface area contributed by atoms with Crippen molar-refractivity contribution in [3.05, 3.63) is 59.1 Å². The van der Waals surface area contributed by atoms with Gasteiger partial charge in [-0.1, -0.05) is 30.7 Å². The van der Waals surface area contributed by atoms with Gasteiger partial charge in [-0.2, -0.15) is 0 Å². The van der Waals surface area contributed by atoms with Gasteiger partial charge in [0.1, 0.15) is 18.5 Å². The van der Waals surface area contributed by atoms with Gasteiger partial charge in [0.2, 0.25) is 0 Å². The average molecular weight is 306 g/mol. The molecule has 2 aromatic carbocycles. The van der Waals surface area contributed by atoms with Gasteiger partial charge >= 0.3 is 0 Å². The molecule has 0 bridgehead atoms. The zero-order valence-electron chi connectivity index (χ0n) is 12.1. The lowest BCUT2D eigenvalue weighted by molar-refractivity contribution is 0.117. The maximum absolute atomic E-state index is 9.94. The highest BCUT2D eigenvalue weighted by Gasteiger charge is 2.05. The van der Waals surface area contributed by atoms with E-state index in [0.717, 1.165) is 17.9 Å². The number of benzene rings is 2. The maximum atomic E-state index is 9.94. The van der Waals surface area contributed by atoms with Crippen LogP contribution in [0.4, 0.5) is 5.69 Å². The van der Waals surface area contributed by atoms with E-state index in [2.05, 4.69) is 18.3 Å². The Labute approximate surface area is 130 Å². The zero-order chi connectivity index (χ0) is 15.1. The third-order valence-electron chi connectivity index (χ3n) is 3.14. The van der Waals surface area contributed by atoms with Crippen LogP contribution in [0.25, 0.3) is 0 Å². The first kappa shape index (κ1) is 15.7. The molecule has 21 heavy (non-hydrogen) atoms. The van der Waals surface area contributed by atoms with E-state index in [9.17, 15) is 5.11 Å². The van der Waals surface area contributed by atoms with Crippen molar-refractivity contribution >= 4 is 17.3 Å². The number of aryl methyl sites for hydroxylation is 1. The van der Waals surface area contributed by atoms with Crippen LogP contribution < -0.4 is 10.1 Å². The van der Waals surface area contributed by atoms with Gasteiger partial charge in [-0.15, -0.1) is 0 Å². The molecule has 1 atom stereocenters. The molecule has 0 saturated carbocycles. The van der Waals surface area contributed by atoms with Crippen molar-refractivity contribution in [2.45, 2.75) is 19.4 Å². The molecule has 0 aliphatic heterocycles. The fourth-order valence-corrected chi connectivity index (χ4v) is 2.04. The monoisotopic (exact) mass is 305 g/mol. The lowest BCUT2D eigenvalue weighted by Crippen LogP contribution is -2.26. The normalized spacial score (nSPS) is 12.0. The number of nitrogens with one attached hydrogen (secondary N) is 1. The number of halogens is 1. The number of aliphatic hydroxyl groups excluding tert-OH is 1. The van der Waals surface area contributed by atoms with Gasteiger partial charge in [0, 0.05) is 17.3 Å². The predicted octanol–water partition coefficient (Wildman–Crippen LogP) is 3.75. The second-order valence-corrected chi connectivity index (χ2v) is 5.29. The summed E-state index contributed by atoms with van der Waals surface area (Å²) in [6.45, 7) is 2.78. The van der Waals surface area contributed by atoms with Crippen molar-refractivity contribution in [3.8, 4) is 5.75 Å². The van der Waals surface area contributed by atoms with Crippen LogP contribution in [-0.2, 0) is 6.42 Å². The third-order valence-corrected chi connectivity index (χ3v) is 3.39. The van der Waals surface area contributed by atoms with E-state index in [1.807, 2.05) is 42.5 Å². The summed E-state index contributed by atoms with van der Waals surface area (Å²) in [6, 6.07) is 15.3. The summed E-state index contributed by atoms with van der Waals surface area (Å²) in [5, 5.41) is 13.8. The summed E-state index contributed by atoms with van der Waals surface area (Å²) in [6.07, 6.45) is 0.392. The molecule has 0 aliphatic carbocycles. The highest BCUT2D eigenvalue weighted by molar-refractivity contribution is 6.30. The Hall–Kier alpha value is -1.71. The molecular weight excluding hydrogens is 286 g/mol. The summed E-state index contributed by atoms with van der Waals surface area (Å²) in [5.41, 5.74) is 2.15. The minimum atomic E-state index is -0.578. The zero-order valence-corrected chi connectivity index (χ0v) is 12.8. The average Bonchev–Trinajstić information content (AvgIpc) is 2.52. The van der Waals surface area contributed by atoms with Crippen LogP contribution in [0, 0.1) is 0 Å². The smallest absolute Gasteiger partial charge is 0.119 e. The fourth-order valence-electron chi connectivity index (χ4n) is 1.91. The van der Waals surface area contributed by atoms with Gasteiger partial charge in [-0.25, -0.2) is 0 Å². The molecule has 0 heterocycles. The second-order valence-electron chi connectivity index (χ2n) is 4.85. The molecule has 0 spiro atoms. The van der Waals surface area contributed by atoms with Gasteiger partial charge in [0.05, 0.1) is 0 Å². The summed E-state index contributed by atoms with van der Waals surface area (Å²) in [7, 11) is 0. The summed E-state index contributed by atoms with van der Waals surface area (Å²) in [4.78, 5) is 0. The molecule has 0 saturated heterocycles. The van der Waals surface area contributed by atoms with E-state index in [1.54, 1.807) is 0 Å². The Kier molecular flexibility index (Phi) is 5.90. The van der Waals surface area contributed by atoms with Gasteiger partial charge in [0.25, 0.3) is 0 Å². The van der Waals surface area contributed by atoms with Crippen molar-refractivity contribution in [2.75, 3.05) is 18.5 Å². The Morgan fingerprint density at radius 1 is 1.19 bits per heavy atom. The van der Waals surface area contributed by atoms with E-state index in [0.29, 0.717) is 11.6 Å². The van der Waals surface area contributed by atoms with Gasteiger partial charge in [-0.3, -0.25) is 0 Å². The van der Waals surface area contributed by atoms with Gasteiger partial charge in [-0.05, 0) is 48.4 Å². The number of rotatable bonds is 7. The molecule has 4 heteroatoms. The molecule has 0 aromatic heterocycles. The molecule has 1 unspecified atom stereocenters. The second kappa shape index (κ2) is 7.91. The Bertz CT molecular complexity index is 557.